The summed E-state index contributed by atoms with van der Waals surface area (Å²) in [5.41, 5.74) is 5.63. The molecule has 0 saturated heterocycles. The molecule has 10 heteroatoms. The Morgan fingerprint density at radius 3 is 2.47 bits per heavy atom. The third-order valence-corrected chi connectivity index (χ3v) is 6.96. The minimum absolute atomic E-state index is 0.00812. The molecule has 10 nitrogen and oxygen atoms in total. The van der Waals surface area contributed by atoms with E-state index in [2.05, 4.69) is 39.1 Å². The monoisotopic (exact) mass is 515 g/mol. The quantitative estimate of drug-likeness (QED) is 0.188. The maximum atomic E-state index is 11.0. The molecule has 0 fully saturated rings. The summed E-state index contributed by atoms with van der Waals surface area (Å²) in [5.74, 6) is 0.444. The van der Waals surface area contributed by atoms with Gasteiger partial charge >= 0.3 is 5.97 Å². The highest BCUT2D eigenvalue weighted by atomic mass is 16.6. The number of ether oxygens (including phenoxy) is 1. The molecule has 0 aromatic heterocycles. The van der Waals surface area contributed by atoms with E-state index in [4.69, 9.17) is 9.84 Å². The Kier molecular flexibility index (Phi) is 7.21. The first-order chi connectivity index (χ1) is 18.4. The number of carbonyl (C=O) groups is 1. The Morgan fingerprint density at radius 2 is 1.74 bits per heavy atom. The number of nitro benzene ring substituents is 1. The Balaban J connectivity index is 1.46. The largest absolute Gasteiger partial charge is 0.481 e. The lowest BCUT2D eigenvalue weighted by molar-refractivity contribution is -0.384. The van der Waals surface area contributed by atoms with Crippen molar-refractivity contribution < 1.29 is 19.6 Å². The number of hydrogen-bond acceptors (Lipinski definition) is 8. The molecule has 38 heavy (non-hydrogen) atoms. The molecule has 0 unspecified atom stereocenters. The lowest BCUT2D eigenvalue weighted by atomic mass is 10.1. The number of likely N-dealkylation sites (N-methyl/N-ethyl adjacent to an activating group) is 1. The summed E-state index contributed by atoms with van der Waals surface area (Å²) in [6, 6.07) is 15.9. The molecule has 2 aliphatic rings. The van der Waals surface area contributed by atoms with Gasteiger partial charge in [0, 0.05) is 68.2 Å². The zero-order valence-corrected chi connectivity index (χ0v) is 21.2. The van der Waals surface area contributed by atoms with Crippen molar-refractivity contribution in [1.82, 2.24) is 0 Å². The zero-order valence-electron chi connectivity index (χ0n) is 21.2. The molecule has 0 amide bonds. The first-order valence-corrected chi connectivity index (χ1v) is 12.8. The number of rotatable bonds is 10. The zero-order chi connectivity index (χ0) is 26.6. The van der Waals surface area contributed by atoms with Gasteiger partial charge in [0.2, 0.25) is 0 Å². The van der Waals surface area contributed by atoms with Crippen LogP contribution in [0.25, 0.3) is 0 Å². The smallest absolute Gasteiger partial charge is 0.303 e. The molecular weight excluding hydrogens is 486 g/mol. The van der Waals surface area contributed by atoms with Crippen molar-refractivity contribution >= 4 is 34.4 Å². The third kappa shape index (κ3) is 5.44. The molecule has 5 rings (SSSR count). The van der Waals surface area contributed by atoms with E-state index in [1.807, 2.05) is 18.2 Å². The Morgan fingerprint density at radius 1 is 1.00 bits per heavy atom. The van der Waals surface area contributed by atoms with Crippen LogP contribution < -0.4 is 14.5 Å². The summed E-state index contributed by atoms with van der Waals surface area (Å²) in [4.78, 5) is 26.0. The van der Waals surface area contributed by atoms with Crippen LogP contribution in [0.3, 0.4) is 0 Å². The fourth-order valence-electron chi connectivity index (χ4n) is 4.98. The number of hydrogen-bond donors (Lipinski definition) is 1. The molecule has 2 aliphatic heterocycles. The van der Waals surface area contributed by atoms with Crippen LogP contribution in [-0.4, -0.2) is 42.2 Å². The summed E-state index contributed by atoms with van der Waals surface area (Å²) in [6.07, 6.45) is 2.51. The molecule has 0 bridgehead atoms. The lowest BCUT2D eigenvalue weighted by Crippen LogP contribution is -2.22. The molecule has 3 aromatic carbocycles. The molecule has 0 saturated carbocycles. The van der Waals surface area contributed by atoms with Gasteiger partial charge in [0.1, 0.15) is 11.4 Å². The number of non-ortho nitro benzene ring substituents is 1. The minimum atomic E-state index is -0.798. The van der Waals surface area contributed by atoms with Crippen LogP contribution in [0.1, 0.15) is 30.9 Å². The summed E-state index contributed by atoms with van der Waals surface area (Å²) >= 11 is 0. The van der Waals surface area contributed by atoms with E-state index in [-0.39, 0.29) is 12.1 Å². The maximum Gasteiger partial charge on any atom is 0.303 e. The highest BCUT2D eigenvalue weighted by molar-refractivity contribution is 5.70. The number of nitrogens with zero attached hydrogens (tertiary/aromatic N) is 5. The number of carboxylic acid groups (broad SMARTS) is 1. The fourth-order valence-corrected chi connectivity index (χ4v) is 4.98. The van der Waals surface area contributed by atoms with Gasteiger partial charge in [-0.2, -0.15) is 5.11 Å². The normalized spacial score (nSPS) is 14.1. The predicted molar refractivity (Wildman–Crippen MR) is 145 cm³/mol. The Bertz CT molecular complexity index is 1390. The van der Waals surface area contributed by atoms with Crippen LogP contribution in [0.5, 0.6) is 11.5 Å². The number of carboxylic acids is 1. The van der Waals surface area contributed by atoms with Crippen molar-refractivity contribution in [3.63, 3.8) is 0 Å². The van der Waals surface area contributed by atoms with E-state index in [9.17, 15) is 14.9 Å². The van der Waals surface area contributed by atoms with Gasteiger partial charge in [0.05, 0.1) is 10.6 Å². The van der Waals surface area contributed by atoms with Gasteiger partial charge in [-0.25, -0.2) is 0 Å². The third-order valence-electron chi connectivity index (χ3n) is 6.96. The van der Waals surface area contributed by atoms with E-state index in [0.717, 1.165) is 43.7 Å². The van der Waals surface area contributed by atoms with E-state index >= 15 is 0 Å². The van der Waals surface area contributed by atoms with Gasteiger partial charge in [-0.3, -0.25) is 14.9 Å². The number of aliphatic carboxylic acids is 1. The summed E-state index contributed by atoms with van der Waals surface area (Å²) in [7, 11) is 0. The van der Waals surface area contributed by atoms with Crippen LogP contribution in [0.15, 0.2) is 64.8 Å². The van der Waals surface area contributed by atoms with E-state index in [0.29, 0.717) is 35.8 Å². The predicted octanol–water partition coefficient (Wildman–Crippen LogP) is 6.41. The number of anilines is 2. The first-order valence-electron chi connectivity index (χ1n) is 12.8. The summed E-state index contributed by atoms with van der Waals surface area (Å²) in [6.45, 7) is 5.50. The maximum absolute atomic E-state index is 11.0. The average molecular weight is 516 g/mol. The highest BCUT2D eigenvalue weighted by Crippen LogP contribution is 2.42. The van der Waals surface area contributed by atoms with Gasteiger partial charge in [0.15, 0.2) is 5.75 Å². The Labute approximate surface area is 220 Å². The van der Waals surface area contributed by atoms with E-state index < -0.39 is 10.9 Å². The van der Waals surface area contributed by atoms with E-state index in [1.54, 1.807) is 12.1 Å². The average Bonchev–Trinajstić information content (AvgIpc) is 3.50. The highest BCUT2D eigenvalue weighted by Gasteiger charge is 2.23. The first kappa shape index (κ1) is 25.2. The summed E-state index contributed by atoms with van der Waals surface area (Å²) in [5, 5.41) is 28.8. The van der Waals surface area contributed by atoms with Gasteiger partial charge in [0.25, 0.3) is 5.69 Å². The second-order valence-electron chi connectivity index (χ2n) is 9.38. The van der Waals surface area contributed by atoms with Gasteiger partial charge < -0.3 is 19.6 Å². The topological polar surface area (TPSA) is 121 Å². The number of fused-ring (bicyclic) bond motifs is 2. The van der Waals surface area contributed by atoms with Crippen molar-refractivity contribution in [1.29, 1.82) is 0 Å². The molecule has 0 aliphatic carbocycles. The van der Waals surface area contributed by atoms with Crippen LogP contribution in [0, 0.1) is 10.1 Å². The molecule has 2 heterocycles. The lowest BCUT2D eigenvalue weighted by Gasteiger charge is -2.20. The minimum Gasteiger partial charge on any atom is -0.481 e. The molecule has 0 atom stereocenters. The van der Waals surface area contributed by atoms with Gasteiger partial charge in [-0.1, -0.05) is 6.07 Å². The number of benzene rings is 3. The Hall–Kier alpha value is -4.47. The van der Waals surface area contributed by atoms with E-state index in [1.165, 1.54) is 23.4 Å². The van der Waals surface area contributed by atoms with Crippen molar-refractivity contribution in [2.75, 3.05) is 36.0 Å². The second-order valence-corrected chi connectivity index (χ2v) is 9.38. The summed E-state index contributed by atoms with van der Waals surface area (Å²) < 4.78 is 6.39. The van der Waals surface area contributed by atoms with Crippen LogP contribution in [0.2, 0.25) is 0 Å². The van der Waals surface area contributed by atoms with Crippen molar-refractivity contribution in [3.8, 4) is 11.5 Å². The molecule has 0 spiro atoms. The van der Waals surface area contributed by atoms with Crippen LogP contribution in [-0.2, 0) is 17.6 Å². The van der Waals surface area contributed by atoms with Gasteiger partial charge in [-0.05, 0) is 61.6 Å². The second kappa shape index (κ2) is 10.9. The molecule has 0 radical (unpaired) electrons. The number of nitro groups is 1. The van der Waals surface area contributed by atoms with Crippen molar-refractivity contribution in [3.05, 3.63) is 75.8 Å². The molecule has 3 aromatic rings. The van der Waals surface area contributed by atoms with Crippen molar-refractivity contribution in [2.24, 2.45) is 10.2 Å². The molecule has 1 N–H and O–H groups in total. The van der Waals surface area contributed by atoms with Crippen LogP contribution >= 0.6 is 0 Å². The van der Waals surface area contributed by atoms with Gasteiger partial charge in [-0.15, -0.1) is 5.11 Å². The number of azo groups is 1. The fraction of sp³-hybridized carbons (Fsp3) is 0.321. The van der Waals surface area contributed by atoms with Crippen molar-refractivity contribution in [2.45, 2.75) is 32.6 Å². The standard InChI is InChI=1S/C28H29N5O5/c1-2-31-14-11-19-5-10-23(17-25(19)31)38-27-18-26-20(12-15-32(26)13-3-4-28(34)35)16-24(27)30-29-21-6-8-22(9-7-21)33(36)37/h5-10,16-18H,2-4,11-15H2,1H3,(H,34,35). The van der Waals surface area contributed by atoms with Crippen LogP contribution in [0.4, 0.5) is 28.4 Å². The molecule has 196 valence electrons. The SMILES string of the molecule is CCN1CCc2ccc(Oc3cc4c(cc3N=Nc3ccc([N+](=O)[O-])cc3)CCN4CCCC(=O)O)cc21. The molecular formula is C28H29N5O5.